The summed E-state index contributed by atoms with van der Waals surface area (Å²) >= 11 is 0. The Hall–Kier alpha value is -3.09. The second-order valence-electron chi connectivity index (χ2n) is 5.46. The molecular formula is C16H16N6O. The number of hydrogen-bond acceptors (Lipinski definition) is 4. The highest BCUT2D eigenvalue weighted by molar-refractivity contribution is 5.95. The zero-order chi connectivity index (χ0) is 15.8. The van der Waals surface area contributed by atoms with Gasteiger partial charge in [0, 0.05) is 36.4 Å². The van der Waals surface area contributed by atoms with Crippen molar-refractivity contribution in [3.05, 3.63) is 42.2 Å². The fraction of sp³-hybridized carbons (Fsp3) is 0.188. The van der Waals surface area contributed by atoms with Gasteiger partial charge in [0.15, 0.2) is 0 Å². The zero-order valence-electron chi connectivity index (χ0n) is 12.6. The quantitative estimate of drug-likeness (QED) is 0.694. The van der Waals surface area contributed by atoms with Crippen LogP contribution in [0.4, 0.5) is 22.0 Å². The Kier molecular flexibility index (Phi) is 3.11. The number of anilines is 3. The molecule has 2 amide bonds. The van der Waals surface area contributed by atoms with E-state index in [2.05, 4.69) is 25.8 Å². The summed E-state index contributed by atoms with van der Waals surface area (Å²) in [5.41, 5.74) is 3.57. The summed E-state index contributed by atoms with van der Waals surface area (Å²) in [7, 11) is 0. The lowest BCUT2D eigenvalue weighted by Gasteiger charge is -2.16. The van der Waals surface area contributed by atoms with Crippen molar-refractivity contribution in [3.63, 3.8) is 0 Å². The zero-order valence-corrected chi connectivity index (χ0v) is 12.6. The number of fused-ring (bicyclic) bond motifs is 1. The average molecular weight is 308 g/mol. The molecule has 116 valence electrons. The van der Waals surface area contributed by atoms with Crippen LogP contribution in [0.2, 0.25) is 0 Å². The van der Waals surface area contributed by atoms with Gasteiger partial charge in [-0.05, 0) is 31.2 Å². The number of amides is 2. The van der Waals surface area contributed by atoms with E-state index in [9.17, 15) is 4.79 Å². The number of pyridine rings is 1. The number of nitrogens with one attached hydrogen (secondary N) is 3. The lowest BCUT2D eigenvalue weighted by Crippen LogP contribution is -2.27. The van der Waals surface area contributed by atoms with Crippen LogP contribution in [0.1, 0.15) is 5.69 Å². The van der Waals surface area contributed by atoms with E-state index in [0.717, 1.165) is 33.8 Å². The normalized spacial score (nSPS) is 14.3. The molecular weight excluding hydrogens is 292 g/mol. The summed E-state index contributed by atoms with van der Waals surface area (Å²) in [6.45, 7) is 3.32. The number of carbonyl (C=O) groups excluding carboxylic acids is 1. The van der Waals surface area contributed by atoms with Crippen molar-refractivity contribution in [1.82, 2.24) is 20.5 Å². The minimum atomic E-state index is -0.0620. The van der Waals surface area contributed by atoms with Crippen molar-refractivity contribution in [2.45, 2.75) is 6.92 Å². The second-order valence-corrected chi connectivity index (χ2v) is 5.46. The summed E-state index contributed by atoms with van der Waals surface area (Å²) in [4.78, 5) is 17.9. The van der Waals surface area contributed by atoms with Gasteiger partial charge in [0.1, 0.15) is 5.82 Å². The van der Waals surface area contributed by atoms with E-state index in [1.54, 1.807) is 11.1 Å². The van der Waals surface area contributed by atoms with Crippen molar-refractivity contribution in [2.24, 2.45) is 0 Å². The Balaban J connectivity index is 1.68. The summed E-state index contributed by atoms with van der Waals surface area (Å²) < 4.78 is 0. The van der Waals surface area contributed by atoms with Crippen LogP contribution in [0, 0.1) is 6.92 Å². The highest BCUT2D eigenvalue weighted by Crippen LogP contribution is 2.27. The number of nitrogens with zero attached hydrogens (tertiary/aromatic N) is 3. The fourth-order valence-corrected chi connectivity index (χ4v) is 2.82. The number of benzene rings is 1. The molecule has 1 saturated heterocycles. The van der Waals surface area contributed by atoms with Crippen LogP contribution in [-0.4, -0.2) is 34.3 Å². The number of hydrogen-bond donors (Lipinski definition) is 3. The Bertz CT molecular complexity index is 887. The first kappa shape index (κ1) is 13.6. The van der Waals surface area contributed by atoms with Gasteiger partial charge in [-0.3, -0.25) is 10.00 Å². The molecule has 1 aliphatic rings. The first-order valence-corrected chi connectivity index (χ1v) is 7.44. The Morgan fingerprint density at radius 2 is 2.22 bits per heavy atom. The number of rotatable bonds is 3. The van der Waals surface area contributed by atoms with Crippen LogP contribution in [0.15, 0.2) is 36.5 Å². The fourth-order valence-electron chi connectivity index (χ4n) is 2.82. The molecule has 0 radical (unpaired) electrons. The highest BCUT2D eigenvalue weighted by atomic mass is 16.2. The van der Waals surface area contributed by atoms with Gasteiger partial charge in [-0.1, -0.05) is 6.07 Å². The van der Waals surface area contributed by atoms with Crippen molar-refractivity contribution in [3.8, 4) is 0 Å². The first-order valence-electron chi connectivity index (χ1n) is 7.44. The van der Waals surface area contributed by atoms with Crippen LogP contribution in [0.5, 0.6) is 0 Å². The number of urea groups is 1. The van der Waals surface area contributed by atoms with Gasteiger partial charge in [0.2, 0.25) is 0 Å². The molecule has 7 nitrogen and oxygen atoms in total. The molecule has 0 atom stereocenters. The van der Waals surface area contributed by atoms with E-state index >= 15 is 0 Å². The molecule has 0 aliphatic carbocycles. The van der Waals surface area contributed by atoms with E-state index in [-0.39, 0.29) is 6.03 Å². The van der Waals surface area contributed by atoms with E-state index in [1.165, 1.54) is 0 Å². The summed E-state index contributed by atoms with van der Waals surface area (Å²) in [6, 6.07) is 9.55. The topological polar surface area (TPSA) is 85.9 Å². The van der Waals surface area contributed by atoms with E-state index in [1.807, 2.05) is 37.3 Å². The minimum Gasteiger partial charge on any atom is -0.340 e. The van der Waals surface area contributed by atoms with Gasteiger partial charge in [0.25, 0.3) is 0 Å². The standard InChI is InChI=1S/C16H16N6O/c1-10-14-13(21-20-10)5-6-17-15(14)19-11-3-2-4-12(9-11)22-8-7-18-16(22)23/h2-6,9H,7-8H2,1H3,(H,17,19)(H,18,23)(H,20,21). The van der Waals surface area contributed by atoms with Gasteiger partial charge in [-0.15, -0.1) is 0 Å². The summed E-state index contributed by atoms with van der Waals surface area (Å²) in [5, 5.41) is 14.3. The van der Waals surface area contributed by atoms with Crippen molar-refractivity contribution in [2.75, 3.05) is 23.3 Å². The van der Waals surface area contributed by atoms with Gasteiger partial charge in [-0.25, -0.2) is 9.78 Å². The Morgan fingerprint density at radius 1 is 1.30 bits per heavy atom. The summed E-state index contributed by atoms with van der Waals surface area (Å²) in [6.07, 6.45) is 1.72. The summed E-state index contributed by atoms with van der Waals surface area (Å²) in [5.74, 6) is 0.747. The maximum Gasteiger partial charge on any atom is 0.321 e. The van der Waals surface area contributed by atoms with Crippen LogP contribution in [-0.2, 0) is 0 Å². The third-order valence-corrected chi connectivity index (χ3v) is 3.93. The first-order chi connectivity index (χ1) is 11.2. The SMILES string of the molecule is Cc1[nH]nc2ccnc(Nc3cccc(N4CCNC4=O)c3)c12. The van der Waals surface area contributed by atoms with Crippen molar-refractivity contribution in [1.29, 1.82) is 0 Å². The Morgan fingerprint density at radius 3 is 3.04 bits per heavy atom. The number of carbonyl (C=O) groups is 1. The molecule has 23 heavy (non-hydrogen) atoms. The van der Waals surface area contributed by atoms with Crippen LogP contribution >= 0.6 is 0 Å². The molecule has 0 spiro atoms. The monoisotopic (exact) mass is 308 g/mol. The predicted octanol–water partition coefficient (Wildman–Crippen LogP) is 2.54. The van der Waals surface area contributed by atoms with Gasteiger partial charge >= 0.3 is 6.03 Å². The van der Waals surface area contributed by atoms with E-state index in [0.29, 0.717) is 13.1 Å². The largest absolute Gasteiger partial charge is 0.340 e. The van der Waals surface area contributed by atoms with Crippen molar-refractivity contribution < 1.29 is 4.79 Å². The van der Waals surface area contributed by atoms with Gasteiger partial charge in [-0.2, -0.15) is 5.10 Å². The number of aromatic amines is 1. The molecule has 3 heterocycles. The third-order valence-electron chi connectivity index (χ3n) is 3.93. The maximum atomic E-state index is 11.8. The van der Waals surface area contributed by atoms with Crippen LogP contribution < -0.4 is 15.5 Å². The van der Waals surface area contributed by atoms with Crippen LogP contribution in [0.25, 0.3) is 10.9 Å². The van der Waals surface area contributed by atoms with Crippen LogP contribution in [0.3, 0.4) is 0 Å². The molecule has 1 aliphatic heterocycles. The molecule has 4 rings (SSSR count). The molecule has 1 aromatic carbocycles. The van der Waals surface area contributed by atoms with Gasteiger partial charge < -0.3 is 10.6 Å². The minimum absolute atomic E-state index is 0.0620. The number of aryl methyl sites for hydroxylation is 1. The van der Waals surface area contributed by atoms with E-state index in [4.69, 9.17) is 0 Å². The lowest BCUT2D eigenvalue weighted by molar-refractivity contribution is 0.252. The van der Waals surface area contributed by atoms with E-state index < -0.39 is 0 Å². The molecule has 2 aromatic heterocycles. The predicted molar refractivity (Wildman–Crippen MR) is 89.1 cm³/mol. The smallest absolute Gasteiger partial charge is 0.321 e. The lowest BCUT2D eigenvalue weighted by atomic mass is 10.2. The number of H-pyrrole nitrogens is 1. The number of aromatic nitrogens is 3. The molecule has 3 N–H and O–H groups in total. The molecule has 0 unspecified atom stereocenters. The Labute approximate surface area is 132 Å². The molecule has 3 aromatic rings. The third kappa shape index (κ3) is 2.36. The molecule has 7 heteroatoms. The second kappa shape index (κ2) is 5.28. The van der Waals surface area contributed by atoms with Gasteiger partial charge in [0.05, 0.1) is 10.9 Å². The maximum absolute atomic E-state index is 11.8. The molecule has 1 fully saturated rings. The molecule has 0 saturated carbocycles. The molecule has 0 bridgehead atoms. The van der Waals surface area contributed by atoms with Crippen molar-refractivity contribution >= 4 is 34.1 Å². The average Bonchev–Trinajstić information content (AvgIpc) is 3.15. The highest BCUT2D eigenvalue weighted by Gasteiger charge is 2.21.